The Morgan fingerprint density at radius 2 is 1.69 bits per heavy atom. The summed E-state index contributed by atoms with van der Waals surface area (Å²) in [6, 6.07) is 13.6. The number of benzene rings is 2. The van der Waals surface area contributed by atoms with Crippen molar-refractivity contribution >= 4 is 29.1 Å². The number of nitrogens with one attached hydrogen (secondary N) is 2. The van der Waals surface area contributed by atoms with Gasteiger partial charge in [-0.3, -0.25) is 14.4 Å². The number of likely N-dealkylation sites (tertiary alicyclic amines) is 1. The van der Waals surface area contributed by atoms with Gasteiger partial charge in [0.15, 0.2) is 5.76 Å². The van der Waals surface area contributed by atoms with E-state index in [9.17, 15) is 27.6 Å². The zero-order valence-corrected chi connectivity index (χ0v) is 18.5. The Bertz CT molecular complexity index is 1220. The molecular weight excluding hydrogens is 463 g/mol. The van der Waals surface area contributed by atoms with Crippen molar-refractivity contribution in [2.75, 3.05) is 23.7 Å². The zero-order chi connectivity index (χ0) is 25.0. The lowest BCUT2D eigenvalue weighted by atomic mass is 9.96. The van der Waals surface area contributed by atoms with Gasteiger partial charge in [-0.05, 0) is 61.4 Å². The molecule has 1 unspecified atom stereocenters. The highest BCUT2D eigenvalue weighted by Crippen LogP contribution is 2.31. The fourth-order valence-electron chi connectivity index (χ4n) is 3.89. The molecule has 35 heavy (non-hydrogen) atoms. The van der Waals surface area contributed by atoms with Crippen molar-refractivity contribution in [1.29, 1.82) is 0 Å². The van der Waals surface area contributed by atoms with Gasteiger partial charge in [0.1, 0.15) is 0 Å². The first-order valence-electron chi connectivity index (χ1n) is 10.9. The summed E-state index contributed by atoms with van der Waals surface area (Å²) in [6.07, 6.45) is -1.85. The monoisotopic (exact) mass is 485 g/mol. The van der Waals surface area contributed by atoms with Crippen LogP contribution in [-0.4, -0.2) is 35.7 Å². The van der Waals surface area contributed by atoms with Crippen LogP contribution < -0.4 is 10.6 Å². The number of amides is 3. The summed E-state index contributed by atoms with van der Waals surface area (Å²) in [6.45, 7) is 0.760. The van der Waals surface area contributed by atoms with Crippen molar-refractivity contribution in [1.82, 2.24) is 4.90 Å². The smallest absolute Gasteiger partial charge is 0.416 e. The standard InChI is InChI=1S/C25H22F3N3O4/c26-25(27,28)18-7-2-9-20(14-18)30-22(32)16-5-1-8-19(13-16)29-23(33)17-6-3-11-31(15-17)24(34)21-10-4-12-35-21/h1-2,4-5,7-10,12-14,17H,3,6,11,15H2,(H,29,33)(H,30,32). The normalized spacial score (nSPS) is 16.0. The van der Waals surface area contributed by atoms with E-state index in [1.165, 1.54) is 30.5 Å². The molecule has 0 aliphatic carbocycles. The maximum atomic E-state index is 12.9. The minimum Gasteiger partial charge on any atom is -0.459 e. The fraction of sp³-hybridized carbons (Fsp3) is 0.240. The fourth-order valence-corrected chi connectivity index (χ4v) is 3.89. The van der Waals surface area contributed by atoms with Crippen molar-refractivity contribution in [2.24, 2.45) is 5.92 Å². The Labute approximate surface area is 198 Å². The molecule has 2 heterocycles. The van der Waals surface area contributed by atoms with Crippen molar-refractivity contribution in [2.45, 2.75) is 19.0 Å². The highest BCUT2D eigenvalue weighted by Gasteiger charge is 2.31. The Morgan fingerprint density at radius 1 is 0.943 bits per heavy atom. The summed E-state index contributed by atoms with van der Waals surface area (Å²) in [5.74, 6) is -1.41. The molecule has 182 valence electrons. The van der Waals surface area contributed by atoms with Gasteiger partial charge < -0.3 is 20.0 Å². The molecule has 2 aromatic carbocycles. The minimum absolute atomic E-state index is 0.00258. The molecule has 1 atom stereocenters. The molecule has 3 aromatic rings. The van der Waals surface area contributed by atoms with Gasteiger partial charge in [-0.25, -0.2) is 0 Å². The van der Waals surface area contributed by atoms with Crippen LogP contribution in [0, 0.1) is 5.92 Å². The first-order valence-corrected chi connectivity index (χ1v) is 10.9. The largest absolute Gasteiger partial charge is 0.459 e. The van der Waals surface area contributed by atoms with Gasteiger partial charge in [0.05, 0.1) is 17.7 Å². The van der Waals surface area contributed by atoms with E-state index in [1.807, 2.05) is 0 Å². The average Bonchev–Trinajstić information content (AvgIpc) is 3.38. The van der Waals surface area contributed by atoms with E-state index in [0.29, 0.717) is 25.1 Å². The Hall–Kier alpha value is -4.08. The van der Waals surface area contributed by atoms with Gasteiger partial charge in [-0.1, -0.05) is 12.1 Å². The molecule has 4 rings (SSSR count). The van der Waals surface area contributed by atoms with Crippen LogP contribution in [0.15, 0.2) is 71.3 Å². The second-order valence-electron chi connectivity index (χ2n) is 8.17. The number of carbonyl (C=O) groups excluding carboxylic acids is 3. The Morgan fingerprint density at radius 3 is 2.40 bits per heavy atom. The number of nitrogens with zero attached hydrogens (tertiary/aromatic N) is 1. The quantitative estimate of drug-likeness (QED) is 0.530. The number of alkyl halides is 3. The highest BCUT2D eigenvalue weighted by atomic mass is 19.4. The molecule has 1 aliphatic heterocycles. The molecule has 0 spiro atoms. The molecule has 1 saturated heterocycles. The predicted molar refractivity (Wildman–Crippen MR) is 122 cm³/mol. The Kier molecular flexibility index (Phi) is 6.90. The molecule has 1 aliphatic rings. The summed E-state index contributed by atoms with van der Waals surface area (Å²) in [5, 5.41) is 5.21. The summed E-state index contributed by atoms with van der Waals surface area (Å²) < 4.78 is 43.9. The molecule has 0 bridgehead atoms. The van der Waals surface area contributed by atoms with Crippen LogP contribution in [0.4, 0.5) is 24.5 Å². The number of carbonyl (C=O) groups is 3. The summed E-state index contributed by atoms with van der Waals surface area (Å²) in [7, 11) is 0. The number of rotatable bonds is 5. The van der Waals surface area contributed by atoms with Gasteiger partial charge in [0.25, 0.3) is 11.8 Å². The van der Waals surface area contributed by atoms with Crippen molar-refractivity contribution in [3.63, 3.8) is 0 Å². The summed E-state index contributed by atoms with van der Waals surface area (Å²) >= 11 is 0. The topological polar surface area (TPSA) is 91.7 Å². The van der Waals surface area contributed by atoms with E-state index < -0.39 is 23.6 Å². The number of halogens is 3. The van der Waals surface area contributed by atoms with E-state index in [2.05, 4.69) is 10.6 Å². The van der Waals surface area contributed by atoms with Crippen LogP contribution in [0.5, 0.6) is 0 Å². The SMILES string of the molecule is O=C(Nc1cccc(C(F)(F)F)c1)c1cccc(NC(=O)C2CCCN(C(=O)c3ccco3)C2)c1. The molecule has 10 heteroatoms. The maximum absolute atomic E-state index is 12.9. The third-order valence-corrected chi connectivity index (χ3v) is 5.65. The number of piperidine rings is 1. The van der Waals surface area contributed by atoms with Gasteiger partial charge in [0.2, 0.25) is 5.91 Å². The number of hydrogen-bond acceptors (Lipinski definition) is 4. The third-order valence-electron chi connectivity index (χ3n) is 5.65. The summed E-state index contributed by atoms with van der Waals surface area (Å²) in [5.41, 5.74) is -0.342. The first-order chi connectivity index (χ1) is 16.7. The molecule has 0 radical (unpaired) electrons. The maximum Gasteiger partial charge on any atom is 0.416 e. The van der Waals surface area contributed by atoms with Crippen LogP contribution in [-0.2, 0) is 11.0 Å². The number of furan rings is 1. The molecule has 1 aromatic heterocycles. The zero-order valence-electron chi connectivity index (χ0n) is 18.5. The molecular formula is C25H22F3N3O4. The van der Waals surface area contributed by atoms with E-state index in [1.54, 1.807) is 29.2 Å². The van der Waals surface area contributed by atoms with Gasteiger partial charge in [-0.15, -0.1) is 0 Å². The minimum atomic E-state index is -4.53. The van der Waals surface area contributed by atoms with Crippen LogP contribution in [0.1, 0.15) is 39.3 Å². The molecule has 7 nitrogen and oxygen atoms in total. The number of hydrogen-bond donors (Lipinski definition) is 2. The van der Waals surface area contributed by atoms with Gasteiger partial charge in [0, 0.05) is 30.0 Å². The van der Waals surface area contributed by atoms with Crippen LogP contribution in [0.25, 0.3) is 0 Å². The van der Waals surface area contributed by atoms with Gasteiger partial charge in [-0.2, -0.15) is 13.2 Å². The lowest BCUT2D eigenvalue weighted by Crippen LogP contribution is -2.43. The third kappa shape index (κ3) is 5.89. The predicted octanol–water partition coefficient (Wildman–Crippen LogP) is 5.04. The molecule has 1 fully saturated rings. The van der Waals surface area contributed by atoms with Crippen molar-refractivity contribution in [3.05, 3.63) is 83.8 Å². The van der Waals surface area contributed by atoms with Crippen LogP contribution in [0.3, 0.4) is 0 Å². The van der Waals surface area contributed by atoms with Crippen molar-refractivity contribution in [3.8, 4) is 0 Å². The van der Waals surface area contributed by atoms with Gasteiger partial charge >= 0.3 is 6.18 Å². The highest BCUT2D eigenvalue weighted by molar-refractivity contribution is 6.05. The van der Waals surface area contributed by atoms with E-state index in [4.69, 9.17) is 4.42 Å². The van der Waals surface area contributed by atoms with E-state index in [-0.39, 0.29) is 35.4 Å². The molecule has 3 amide bonds. The van der Waals surface area contributed by atoms with Crippen LogP contribution >= 0.6 is 0 Å². The van der Waals surface area contributed by atoms with E-state index >= 15 is 0 Å². The molecule has 0 saturated carbocycles. The van der Waals surface area contributed by atoms with E-state index in [0.717, 1.165) is 12.1 Å². The Balaban J connectivity index is 1.39. The second kappa shape index (κ2) is 10.0. The second-order valence-corrected chi connectivity index (χ2v) is 8.17. The number of anilines is 2. The van der Waals surface area contributed by atoms with Crippen molar-refractivity contribution < 1.29 is 32.0 Å². The van der Waals surface area contributed by atoms with Crippen LogP contribution in [0.2, 0.25) is 0 Å². The lowest BCUT2D eigenvalue weighted by Gasteiger charge is -2.31. The lowest BCUT2D eigenvalue weighted by molar-refractivity contribution is -0.137. The average molecular weight is 485 g/mol. The molecule has 2 N–H and O–H groups in total. The summed E-state index contributed by atoms with van der Waals surface area (Å²) in [4.78, 5) is 39.5. The first kappa shape index (κ1) is 24.1.